The third-order valence-corrected chi connectivity index (χ3v) is 4.31. The van der Waals surface area contributed by atoms with E-state index in [1.165, 1.54) is 11.3 Å². The number of hydrogen-bond acceptors (Lipinski definition) is 4. The van der Waals surface area contributed by atoms with E-state index in [0.717, 1.165) is 31.5 Å². The molecule has 1 fully saturated rings. The van der Waals surface area contributed by atoms with Crippen molar-refractivity contribution < 1.29 is 5.11 Å². The number of rotatable bonds is 5. The molecule has 0 unspecified atom stereocenters. The van der Waals surface area contributed by atoms with Gasteiger partial charge in [-0.1, -0.05) is 0 Å². The number of nitrogens with one attached hydrogen (secondary N) is 1. The Hall–Kier alpha value is -0.450. The van der Waals surface area contributed by atoms with Crippen molar-refractivity contribution in [3.63, 3.8) is 0 Å². The highest BCUT2D eigenvalue weighted by Crippen LogP contribution is 2.31. The number of hydrogen-bond donors (Lipinski definition) is 2. The SMILES string of the molecule is Cc1ncsc1CCNC1(CO)CCC1. The number of thiazole rings is 1. The van der Waals surface area contributed by atoms with E-state index in [1.807, 2.05) is 5.51 Å². The molecule has 1 aromatic heterocycles. The topological polar surface area (TPSA) is 45.2 Å². The normalized spacial score (nSPS) is 18.8. The van der Waals surface area contributed by atoms with E-state index in [-0.39, 0.29) is 12.1 Å². The summed E-state index contributed by atoms with van der Waals surface area (Å²) in [7, 11) is 0. The predicted octanol–water partition coefficient (Wildman–Crippen LogP) is 1.50. The molecule has 0 bridgehead atoms. The Kier molecular flexibility index (Phi) is 3.38. The maximum Gasteiger partial charge on any atom is 0.0797 e. The lowest BCUT2D eigenvalue weighted by molar-refractivity contribution is 0.0896. The van der Waals surface area contributed by atoms with Crippen molar-refractivity contribution in [3.05, 3.63) is 16.1 Å². The molecular weight excluding hydrogens is 208 g/mol. The van der Waals surface area contributed by atoms with E-state index >= 15 is 0 Å². The maximum absolute atomic E-state index is 9.28. The van der Waals surface area contributed by atoms with Gasteiger partial charge in [-0.3, -0.25) is 0 Å². The minimum absolute atomic E-state index is 0.0403. The zero-order valence-electron chi connectivity index (χ0n) is 9.12. The van der Waals surface area contributed by atoms with Crippen molar-refractivity contribution in [2.75, 3.05) is 13.2 Å². The number of aromatic nitrogens is 1. The minimum atomic E-state index is 0.0403. The van der Waals surface area contributed by atoms with E-state index < -0.39 is 0 Å². The molecule has 1 aromatic rings. The van der Waals surface area contributed by atoms with Crippen LogP contribution in [0.5, 0.6) is 0 Å². The summed E-state index contributed by atoms with van der Waals surface area (Å²) in [5.41, 5.74) is 3.09. The van der Waals surface area contributed by atoms with Crippen LogP contribution in [0.15, 0.2) is 5.51 Å². The molecule has 2 rings (SSSR count). The third kappa shape index (κ3) is 2.38. The standard InChI is InChI=1S/C11H18N2OS/c1-9-10(15-8-12-9)3-6-13-11(7-14)4-2-5-11/h8,13-14H,2-7H2,1H3. The first-order chi connectivity index (χ1) is 7.26. The minimum Gasteiger partial charge on any atom is -0.394 e. The fraction of sp³-hybridized carbons (Fsp3) is 0.727. The molecule has 2 N–H and O–H groups in total. The average Bonchev–Trinajstić information content (AvgIpc) is 2.57. The lowest BCUT2D eigenvalue weighted by atomic mass is 9.77. The molecule has 1 heterocycles. The number of aryl methyl sites for hydroxylation is 1. The van der Waals surface area contributed by atoms with Crippen LogP contribution in [0, 0.1) is 6.92 Å². The van der Waals surface area contributed by atoms with Gasteiger partial charge in [-0.2, -0.15) is 0 Å². The molecule has 0 amide bonds. The highest BCUT2D eigenvalue weighted by Gasteiger charge is 2.35. The van der Waals surface area contributed by atoms with Crippen LogP contribution in [-0.2, 0) is 6.42 Å². The van der Waals surface area contributed by atoms with Crippen LogP contribution in [0.4, 0.5) is 0 Å². The summed E-state index contributed by atoms with van der Waals surface area (Å²) in [5.74, 6) is 0. The molecule has 1 aliphatic rings. The van der Waals surface area contributed by atoms with Gasteiger partial charge in [0.2, 0.25) is 0 Å². The first kappa shape index (κ1) is 11.0. The molecule has 0 aliphatic heterocycles. The quantitative estimate of drug-likeness (QED) is 0.799. The van der Waals surface area contributed by atoms with Gasteiger partial charge < -0.3 is 10.4 Å². The largest absolute Gasteiger partial charge is 0.394 e. The van der Waals surface area contributed by atoms with Crippen LogP contribution < -0.4 is 5.32 Å². The lowest BCUT2D eigenvalue weighted by Crippen LogP contribution is -2.54. The molecule has 0 spiro atoms. The van der Waals surface area contributed by atoms with Gasteiger partial charge in [0.05, 0.1) is 17.8 Å². The molecule has 3 nitrogen and oxygen atoms in total. The lowest BCUT2D eigenvalue weighted by Gasteiger charge is -2.41. The van der Waals surface area contributed by atoms with Crippen LogP contribution in [0.2, 0.25) is 0 Å². The predicted molar refractivity (Wildman–Crippen MR) is 62.2 cm³/mol. The van der Waals surface area contributed by atoms with Crippen LogP contribution >= 0.6 is 11.3 Å². The van der Waals surface area contributed by atoms with Crippen LogP contribution in [0.3, 0.4) is 0 Å². The second-order valence-corrected chi connectivity index (χ2v) is 5.27. The van der Waals surface area contributed by atoms with Crippen molar-refractivity contribution in [1.29, 1.82) is 0 Å². The van der Waals surface area contributed by atoms with E-state index in [9.17, 15) is 5.11 Å². The Morgan fingerprint density at radius 1 is 1.60 bits per heavy atom. The second kappa shape index (κ2) is 4.60. The summed E-state index contributed by atoms with van der Waals surface area (Å²) in [4.78, 5) is 5.58. The van der Waals surface area contributed by atoms with Crippen molar-refractivity contribution >= 4 is 11.3 Å². The summed E-state index contributed by atoms with van der Waals surface area (Å²) >= 11 is 1.72. The first-order valence-corrected chi connectivity index (χ1v) is 6.39. The summed E-state index contributed by atoms with van der Waals surface area (Å²) in [6.45, 7) is 3.27. The fourth-order valence-electron chi connectivity index (χ4n) is 2.00. The zero-order valence-corrected chi connectivity index (χ0v) is 9.94. The summed E-state index contributed by atoms with van der Waals surface area (Å²) in [5, 5.41) is 12.8. The molecule has 1 aliphatic carbocycles. The molecule has 0 aromatic carbocycles. The van der Waals surface area contributed by atoms with Crippen LogP contribution in [0.25, 0.3) is 0 Å². The Labute approximate surface area is 94.5 Å². The second-order valence-electron chi connectivity index (χ2n) is 4.33. The van der Waals surface area contributed by atoms with Gasteiger partial charge in [0.25, 0.3) is 0 Å². The van der Waals surface area contributed by atoms with Crippen LogP contribution in [0.1, 0.15) is 29.8 Å². The van der Waals surface area contributed by atoms with Crippen molar-refractivity contribution in [2.24, 2.45) is 0 Å². The molecule has 0 saturated heterocycles. The van der Waals surface area contributed by atoms with Gasteiger partial charge in [-0.25, -0.2) is 4.98 Å². The average molecular weight is 226 g/mol. The van der Waals surface area contributed by atoms with Crippen molar-refractivity contribution in [2.45, 2.75) is 38.1 Å². The smallest absolute Gasteiger partial charge is 0.0797 e. The zero-order chi connectivity index (χ0) is 10.7. The van der Waals surface area contributed by atoms with E-state index in [1.54, 1.807) is 11.3 Å². The number of aliphatic hydroxyl groups excluding tert-OH is 1. The van der Waals surface area contributed by atoms with Crippen molar-refractivity contribution in [3.8, 4) is 0 Å². The molecule has 0 atom stereocenters. The molecular formula is C11H18N2OS. The van der Waals surface area contributed by atoms with Gasteiger partial charge in [-0.05, 0) is 32.6 Å². The Morgan fingerprint density at radius 2 is 2.40 bits per heavy atom. The van der Waals surface area contributed by atoms with Gasteiger partial charge >= 0.3 is 0 Å². The maximum atomic E-state index is 9.28. The van der Waals surface area contributed by atoms with Crippen molar-refractivity contribution in [1.82, 2.24) is 10.3 Å². The highest BCUT2D eigenvalue weighted by molar-refractivity contribution is 7.09. The van der Waals surface area contributed by atoms with E-state index in [0.29, 0.717) is 0 Å². The van der Waals surface area contributed by atoms with Gasteiger partial charge in [0, 0.05) is 17.0 Å². The first-order valence-electron chi connectivity index (χ1n) is 5.51. The van der Waals surface area contributed by atoms with Crippen LogP contribution in [-0.4, -0.2) is 28.8 Å². The van der Waals surface area contributed by atoms with Gasteiger partial charge in [0.1, 0.15) is 0 Å². The highest BCUT2D eigenvalue weighted by atomic mass is 32.1. The Balaban J connectivity index is 1.77. The molecule has 0 radical (unpaired) electrons. The molecule has 84 valence electrons. The summed E-state index contributed by atoms with van der Waals surface area (Å²) in [6.07, 6.45) is 4.50. The van der Waals surface area contributed by atoms with Gasteiger partial charge in [-0.15, -0.1) is 11.3 Å². The molecule has 4 heteroatoms. The third-order valence-electron chi connectivity index (χ3n) is 3.31. The molecule has 15 heavy (non-hydrogen) atoms. The van der Waals surface area contributed by atoms with Gasteiger partial charge in [0.15, 0.2) is 0 Å². The Bertz CT molecular complexity index is 315. The fourth-order valence-corrected chi connectivity index (χ4v) is 2.78. The number of aliphatic hydroxyl groups is 1. The molecule has 1 saturated carbocycles. The Morgan fingerprint density at radius 3 is 2.87 bits per heavy atom. The monoisotopic (exact) mass is 226 g/mol. The van der Waals surface area contributed by atoms with E-state index in [4.69, 9.17) is 0 Å². The number of nitrogens with zero attached hydrogens (tertiary/aromatic N) is 1. The van der Waals surface area contributed by atoms with E-state index in [2.05, 4.69) is 17.2 Å². The summed E-state index contributed by atoms with van der Waals surface area (Å²) < 4.78 is 0. The summed E-state index contributed by atoms with van der Waals surface area (Å²) in [6, 6.07) is 0.